The van der Waals surface area contributed by atoms with E-state index < -0.39 is 0 Å². The number of rotatable bonds is 3. The molecule has 1 fully saturated rings. The maximum atomic E-state index is 6.05. The van der Waals surface area contributed by atoms with E-state index in [0.717, 1.165) is 36.7 Å². The number of aromatic amines is 1. The highest BCUT2D eigenvalue weighted by molar-refractivity contribution is 5.85. The van der Waals surface area contributed by atoms with Crippen LogP contribution in [-0.4, -0.2) is 34.0 Å². The summed E-state index contributed by atoms with van der Waals surface area (Å²) in [6.45, 7) is 5.16. The number of halogens is 1. The largest absolute Gasteiger partial charge is 0.341 e. The number of likely N-dealkylation sites (tertiary alicyclic amines) is 1. The molecule has 3 N–H and O–H groups in total. The summed E-state index contributed by atoms with van der Waals surface area (Å²) in [6.07, 6.45) is 1.93. The molecule has 0 bridgehead atoms. The lowest BCUT2D eigenvalue weighted by Crippen LogP contribution is -2.28. The third kappa shape index (κ3) is 3.20. The smallest absolute Gasteiger partial charge is 0.137 e. The van der Waals surface area contributed by atoms with Crippen LogP contribution in [0.1, 0.15) is 12.6 Å². The van der Waals surface area contributed by atoms with Gasteiger partial charge in [0.2, 0.25) is 0 Å². The fourth-order valence-electron chi connectivity index (χ4n) is 2.65. The number of nitrogens with zero attached hydrogens (tertiary/aromatic N) is 2. The van der Waals surface area contributed by atoms with Crippen LogP contribution in [0.25, 0.3) is 11.4 Å². The highest BCUT2D eigenvalue weighted by Crippen LogP contribution is 2.19. The number of H-pyrrole nitrogens is 1. The van der Waals surface area contributed by atoms with Gasteiger partial charge < -0.3 is 10.7 Å². The number of hydrogen-bond donors (Lipinski definition) is 2. The average molecular weight is 293 g/mol. The summed E-state index contributed by atoms with van der Waals surface area (Å²) < 4.78 is 0. The summed E-state index contributed by atoms with van der Waals surface area (Å²) in [5.74, 6) is 1.52. The minimum absolute atomic E-state index is 0. The molecule has 1 saturated heterocycles. The molecule has 0 saturated carbocycles. The summed E-state index contributed by atoms with van der Waals surface area (Å²) in [4.78, 5) is 10.2. The number of nitrogens with two attached hydrogens (primary N) is 1. The second-order valence-electron chi connectivity index (χ2n) is 5.46. The maximum absolute atomic E-state index is 6.05. The molecule has 3 rings (SSSR count). The van der Waals surface area contributed by atoms with Crippen LogP contribution >= 0.6 is 12.4 Å². The highest BCUT2D eigenvalue weighted by atomic mass is 35.5. The van der Waals surface area contributed by atoms with Gasteiger partial charge in [0.05, 0.1) is 0 Å². The third-order valence-corrected chi connectivity index (χ3v) is 3.82. The van der Waals surface area contributed by atoms with E-state index in [1.54, 1.807) is 0 Å². The number of aromatic nitrogens is 2. The number of imidazole rings is 1. The van der Waals surface area contributed by atoms with Crippen molar-refractivity contribution in [2.24, 2.45) is 11.7 Å². The predicted octanol–water partition coefficient (Wildman–Crippen LogP) is 2.28. The molecule has 20 heavy (non-hydrogen) atoms. The molecule has 2 heterocycles. The molecule has 0 aliphatic carbocycles. The van der Waals surface area contributed by atoms with Crippen LogP contribution in [0, 0.1) is 5.92 Å². The summed E-state index contributed by atoms with van der Waals surface area (Å²) >= 11 is 0. The van der Waals surface area contributed by atoms with Crippen molar-refractivity contribution in [1.82, 2.24) is 14.9 Å². The molecule has 1 aliphatic heterocycles. The van der Waals surface area contributed by atoms with Gasteiger partial charge in [0.25, 0.3) is 0 Å². The average Bonchev–Trinajstić information content (AvgIpc) is 2.99. The molecule has 1 aromatic heterocycles. The van der Waals surface area contributed by atoms with Gasteiger partial charge in [-0.2, -0.15) is 0 Å². The van der Waals surface area contributed by atoms with E-state index in [1.807, 2.05) is 24.4 Å². The van der Waals surface area contributed by atoms with Gasteiger partial charge in [-0.05, 0) is 5.92 Å². The second kappa shape index (κ2) is 6.39. The second-order valence-corrected chi connectivity index (χ2v) is 5.46. The van der Waals surface area contributed by atoms with E-state index in [9.17, 15) is 0 Å². The first-order chi connectivity index (χ1) is 9.22. The van der Waals surface area contributed by atoms with E-state index in [2.05, 4.69) is 33.9 Å². The van der Waals surface area contributed by atoms with Crippen molar-refractivity contribution < 1.29 is 0 Å². The van der Waals surface area contributed by atoms with E-state index >= 15 is 0 Å². The fraction of sp³-hybridized carbons (Fsp3) is 0.400. The zero-order valence-corrected chi connectivity index (χ0v) is 12.4. The molecular formula is C15H21ClN4. The summed E-state index contributed by atoms with van der Waals surface area (Å²) in [7, 11) is 0. The first kappa shape index (κ1) is 15.0. The lowest BCUT2D eigenvalue weighted by Gasteiger charge is -2.13. The lowest BCUT2D eigenvalue weighted by molar-refractivity contribution is 0.315. The maximum Gasteiger partial charge on any atom is 0.137 e. The molecule has 0 spiro atoms. The van der Waals surface area contributed by atoms with Gasteiger partial charge in [-0.1, -0.05) is 37.3 Å². The van der Waals surface area contributed by atoms with Crippen molar-refractivity contribution in [1.29, 1.82) is 0 Å². The Balaban J connectivity index is 0.00000147. The number of benzene rings is 1. The Morgan fingerprint density at radius 2 is 2.05 bits per heavy atom. The van der Waals surface area contributed by atoms with Gasteiger partial charge >= 0.3 is 0 Å². The van der Waals surface area contributed by atoms with Crippen molar-refractivity contribution in [3.8, 4) is 11.4 Å². The standard InChI is InChI=1S/C15H20N4.ClH/c1-11-8-19(10-14(11)16)9-13-7-17-15(18-13)12-5-3-2-4-6-12;/h2-7,11,14H,8-10,16H2,1H3,(H,17,18);1H. The van der Waals surface area contributed by atoms with Gasteiger partial charge in [-0.3, -0.25) is 4.90 Å². The Hall–Kier alpha value is -1.36. The van der Waals surface area contributed by atoms with Crippen LogP contribution in [0.5, 0.6) is 0 Å². The number of nitrogens with one attached hydrogen (secondary N) is 1. The van der Waals surface area contributed by atoms with E-state index in [1.165, 1.54) is 0 Å². The van der Waals surface area contributed by atoms with Gasteiger partial charge in [-0.25, -0.2) is 4.98 Å². The van der Waals surface area contributed by atoms with Crippen LogP contribution < -0.4 is 5.73 Å². The molecule has 4 nitrogen and oxygen atoms in total. The Bertz CT molecular complexity index is 530. The van der Waals surface area contributed by atoms with Gasteiger partial charge in [0.15, 0.2) is 0 Å². The van der Waals surface area contributed by atoms with E-state index in [4.69, 9.17) is 5.73 Å². The van der Waals surface area contributed by atoms with Crippen LogP contribution in [0.2, 0.25) is 0 Å². The highest BCUT2D eigenvalue weighted by Gasteiger charge is 2.26. The molecule has 0 radical (unpaired) electrons. The van der Waals surface area contributed by atoms with Gasteiger partial charge in [0, 0.05) is 43.1 Å². The van der Waals surface area contributed by atoms with Crippen molar-refractivity contribution >= 4 is 12.4 Å². The van der Waals surface area contributed by atoms with Crippen molar-refractivity contribution in [2.75, 3.05) is 13.1 Å². The van der Waals surface area contributed by atoms with Crippen LogP contribution in [0.15, 0.2) is 36.5 Å². The fourth-order valence-corrected chi connectivity index (χ4v) is 2.65. The predicted molar refractivity (Wildman–Crippen MR) is 83.7 cm³/mol. The normalized spacial score (nSPS) is 22.7. The van der Waals surface area contributed by atoms with Gasteiger partial charge in [-0.15, -0.1) is 12.4 Å². The first-order valence-corrected chi connectivity index (χ1v) is 6.79. The molecule has 108 valence electrons. The lowest BCUT2D eigenvalue weighted by atomic mass is 10.1. The summed E-state index contributed by atoms with van der Waals surface area (Å²) in [5.41, 5.74) is 8.33. The van der Waals surface area contributed by atoms with Crippen molar-refractivity contribution in [3.63, 3.8) is 0 Å². The van der Waals surface area contributed by atoms with Crippen molar-refractivity contribution in [2.45, 2.75) is 19.5 Å². The van der Waals surface area contributed by atoms with Crippen LogP contribution in [0.3, 0.4) is 0 Å². The molecule has 0 amide bonds. The summed E-state index contributed by atoms with van der Waals surface area (Å²) in [6, 6.07) is 10.5. The molecule has 1 aromatic carbocycles. The summed E-state index contributed by atoms with van der Waals surface area (Å²) in [5, 5.41) is 0. The Morgan fingerprint density at radius 3 is 2.70 bits per heavy atom. The molecule has 2 atom stereocenters. The number of hydrogen-bond acceptors (Lipinski definition) is 3. The molecule has 5 heteroatoms. The Kier molecular flexibility index (Phi) is 4.81. The van der Waals surface area contributed by atoms with E-state index in [0.29, 0.717) is 12.0 Å². The van der Waals surface area contributed by atoms with Crippen LogP contribution in [0.4, 0.5) is 0 Å². The van der Waals surface area contributed by atoms with E-state index in [-0.39, 0.29) is 12.4 Å². The minimum Gasteiger partial charge on any atom is -0.341 e. The monoisotopic (exact) mass is 292 g/mol. The molecule has 1 aliphatic rings. The topological polar surface area (TPSA) is 57.9 Å². The zero-order valence-electron chi connectivity index (χ0n) is 11.6. The zero-order chi connectivity index (χ0) is 13.2. The Labute approximate surface area is 125 Å². The molecule has 2 unspecified atom stereocenters. The molecule has 2 aromatic rings. The molecular weight excluding hydrogens is 272 g/mol. The van der Waals surface area contributed by atoms with Gasteiger partial charge in [0.1, 0.15) is 5.82 Å². The minimum atomic E-state index is 0. The van der Waals surface area contributed by atoms with Crippen LogP contribution in [-0.2, 0) is 6.54 Å². The Morgan fingerprint density at radius 1 is 1.30 bits per heavy atom. The third-order valence-electron chi connectivity index (χ3n) is 3.82. The SMILES string of the molecule is CC1CN(Cc2cnc(-c3ccccc3)[nH]2)CC1N.Cl. The van der Waals surface area contributed by atoms with Crippen molar-refractivity contribution in [3.05, 3.63) is 42.2 Å². The quantitative estimate of drug-likeness (QED) is 0.912. The first-order valence-electron chi connectivity index (χ1n) is 6.79.